The smallest absolute Gasteiger partial charge is 0.276 e. The molecule has 2 aliphatic rings. The van der Waals surface area contributed by atoms with Gasteiger partial charge in [-0.15, -0.1) is 11.3 Å². The van der Waals surface area contributed by atoms with Gasteiger partial charge < -0.3 is 10.2 Å². The van der Waals surface area contributed by atoms with Crippen molar-refractivity contribution in [2.24, 2.45) is 5.92 Å². The van der Waals surface area contributed by atoms with Crippen LogP contribution in [0.25, 0.3) is 0 Å². The molecule has 2 fully saturated rings. The van der Waals surface area contributed by atoms with Gasteiger partial charge in [0, 0.05) is 0 Å². The highest BCUT2D eigenvalue weighted by Gasteiger charge is 2.43. The largest absolute Gasteiger partial charge is 0.333 e. The lowest BCUT2D eigenvalue weighted by Crippen LogP contribution is -3.16. The van der Waals surface area contributed by atoms with Gasteiger partial charge in [-0.25, -0.2) is 8.42 Å². The molecule has 1 aromatic heterocycles. The molecule has 1 atom stereocenters. The van der Waals surface area contributed by atoms with Crippen LogP contribution < -0.4 is 10.2 Å². The summed E-state index contributed by atoms with van der Waals surface area (Å²) in [5.41, 5.74) is -0.792. The summed E-state index contributed by atoms with van der Waals surface area (Å²) in [5, 5.41) is 12.2. The van der Waals surface area contributed by atoms with Crippen molar-refractivity contribution in [3.8, 4) is 6.07 Å². The number of nitrogens with zero attached hydrogens (tertiary/aromatic N) is 2. The Morgan fingerprint density at radius 1 is 1.46 bits per heavy atom. The molecule has 2 N–H and O–H groups in total. The Hall–Kier alpha value is -1.18. The maximum atomic E-state index is 12.6. The maximum absolute atomic E-state index is 12.6. The van der Waals surface area contributed by atoms with E-state index in [1.165, 1.54) is 10.4 Å². The zero-order valence-electron chi connectivity index (χ0n) is 14.5. The highest BCUT2D eigenvalue weighted by atomic mass is 35.5. The molecule has 2 heterocycles. The summed E-state index contributed by atoms with van der Waals surface area (Å²) in [6.45, 7) is 3.85. The van der Waals surface area contributed by atoms with Crippen molar-refractivity contribution < 1.29 is 18.1 Å². The van der Waals surface area contributed by atoms with Gasteiger partial charge in [0.25, 0.3) is 15.9 Å². The van der Waals surface area contributed by atoms with Crippen molar-refractivity contribution in [3.05, 3.63) is 16.5 Å². The van der Waals surface area contributed by atoms with Crippen LogP contribution in [-0.4, -0.2) is 56.9 Å². The lowest BCUT2D eigenvalue weighted by Gasteiger charge is -2.31. The Labute approximate surface area is 162 Å². The molecule has 1 saturated carbocycles. The topological polar surface area (TPSA) is 94.7 Å². The minimum atomic E-state index is -3.52. The highest BCUT2D eigenvalue weighted by Crippen LogP contribution is 2.39. The molecule has 10 heteroatoms. The van der Waals surface area contributed by atoms with Crippen LogP contribution in [0.4, 0.5) is 0 Å². The van der Waals surface area contributed by atoms with Crippen LogP contribution in [0, 0.1) is 17.2 Å². The van der Waals surface area contributed by atoms with Gasteiger partial charge in [0.15, 0.2) is 6.54 Å². The van der Waals surface area contributed by atoms with Crippen molar-refractivity contribution in [1.82, 2.24) is 9.62 Å². The molecule has 1 saturated heterocycles. The SMILES string of the molecule is C[C@](C#N)(NC(=O)C[NH+]1CCN(S(=O)(=O)c2ccc(Cl)s2)CC1)C1CC1. The molecule has 3 rings (SSSR count). The standard InChI is InChI=1S/C16H21ClN4O3S2/c1-16(11-18,12-2-3-12)19-14(22)10-20-6-8-21(9-7-20)26(23,24)15-5-4-13(17)25-15/h4-5,12H,2-3,6-10H2,1H3,(H,19,22)/p+1/t16-/m1/s1. The van der Waals surface area contributed by atoms with E-state index in [4.69, 9.17) is 11.6 Å². The molecule has 1 aliphatic carbocycles. The van der Waals surface area contributed by atoms with E-state index in [1.54, 1.807) is 13.0 Å². The van der Waals surface area contributed by atoms with Crippen molar-refractivity contribution >= 4 is 38.9 Å². The zero-order valence-corrected chi connectivity index (χ0v) is 16.9. The van der Waals surface area contributed by atoms with E-state index in [2.05, 4.69) is 11.4 Å². The normalized spacial score (nSPS) is 21.7. The summed E-state index contributed by atoms with van der Waals surface area (Å²) in [4.78, 5) is 13.3. The molecule has 0 aromatic carbocycles. The Balaban J connectivity index is 1.52. The summed E-state index contributed by atoms with van der Waals surface area (Å²) < 4.78 is 27.3. The third kappa shape index (κ3) is 4.21. The monoisotopic (exact) mass is 417 g/mol. The predicted octanol–water partition coefficient (Wildman–Crippen LogP) is 0.0992. The maximum Gasteiger partial charge on any atom is 0.276 e. The average molecular weight is 418 g/mol. The van der Waals surface area contributed by atoms with Gasteiger partial charge in [-0.1, -0.05) is 11.6 Å². The number of amides is 1. The summed E-state index contributed by atoms with van der Waals surface area (Å²) in [7, 11) is -3.52. The first-order chi connectivity index (χ1) is 12.2. The van der Waals surface area contributed by atoms with Gasteiger partial charge in [-0.3, -0.25) is 4.79 Å². The van der Waals surface area contributed by atoms with E-state index in [1.807, 2.05) is 0 Å². The minimum Gasteiger partial charge on any atom is -0.333 e. The molecule has 0 unspecified atom stereocenters. The van der Waals surface area contributed by atoms with Crippen LogP contribution in [0.1, 0.15) is 19.8 Å². The van der Waals surface area contributed by atoms with Gasteiger partial charge in [-0.05, 0) is 37.8 Å². The molecule has 0 spiro atoms. The van der Waals surface area contributed by atoms with Crippen molar-refractivity contribution in [3.63, 3.8) is 0 Å². The van der Waals surface area contributed by atoms with Crippen LogP contribution in [0.2, 0.25) is 4.34 Å². The lowest BCUT2D eigenvalue weighted by molar-refractivity contribution is -0.895. The number of carbonyl (C=O) groups is 1. The van der Waals surface area contributed by atoms with E-state index in [0.29, 0.717) is 30.5 Å². The van der Waals surface area contributed by atoms with E-state index in [-0.39, 0.29) is 22.6 Å². The van der Waals surface area contributed by atoms with Crippen LogP contribution in [-0.2, 0) is 14.8 Å². The number of rotatable bonds is 6. The average Bonchev–Trinajstić information content (AvgIpc) is 3.37. The molecule has 1 aromatic rings. The zero-order chi connectivity index (χ0) is 18.9. The van der Waals surface area contributed by atoms with E-state index < -0.39 is 15.6 Å². The molecule has 1 amide bonds. The highest BCUT2D eigenvalue weighted by molar-refractivity contribution is 7.91. The third-order valence-electron chi connectivity index (χ3n) is 5.01. The van der Waals surface area contributed by atoms with Crippen molar-refractivity contribution in [2.45, 2.75) is 29.5 Å². The molecule has 142 valence electrons. The number of quaternary nitrogens is 1. The van der Waals surface area contributed by atoms with Crippen molar-refractivity contribution in [2.75, 3.05) is 32.7 Å². The molecule has 1 aliphatic heterocycles. The lowest BCUT2D eigenvalue weighted by atomic mass is 9.98. The van der Waals surface area contributed by atoms with Crippen LogP contribution in [0.3, 0.4) is 0 Å². The number of carbonyl (C=O) groups excluding carboxylic acids is 1. The number of thiophene rings is 1. The van der Waals surface area contributed by atoms with Gasteiger partial charge in [0.05, 0.1) is 36.6 Å². The third-order valence-corrected chi connectivity index (χ3v) is 8.61. The predicted molar refractivity (Wildman–Crippen MR) is 98.5 cm³/mol. The minimum absolute atomic E-state index is 0.155. The van der Waals surface area contributed by atoms with Crippen LogP contribution >= 0.6 is 22.9 Å². The fourth-order valence-electron chi connectivity index (χ4n) is 3.23. The number of piperazine rings is 1. The molecule has 0 bridgehead atoms. The van der Waals surface area contributed by atoms with Crippen molar-refractivity contribution in [1.29, 1.82) is 5.26 Å². The van der Waals surface area contributed by atoms with E-state index >= 15 is 0 Å². The molecular weight excluding hydrogens is 396 g/mol. The van der Waals surface area contributed by atoms with Gasteiger partial charge in [0.1, 0.15) is 9.75 Å². The second-order valence-corrected chi connectivity index (χ2v) is 10.9. The molecule has 26 heavy (non-hydrogen) atoms. The Bertz CT molecular complexity index is 823. The first-order valence-electron chi connectivity index (χ1n) is 8.56. The number of halogens is 1. The quantitative estimate of drug-likeness (QED) is 0.686. The fourth-order valence-corrected chi connectivity index (χ4v) is 6.30. The molecule has 0 radical (unpaired) electrons. The van der Waals surface area contributed by atoms with Gasteiger partial charge in [-0.2, -0.15) is 9.57 Å². The summed E-state index contributed by atoms with van der Waals surface area (Å²) in [6, 6.07) is 5.32. The molecule has 7 nitrogen and oxygen atoms in total. The number of nitrogens with one attached hydrogen (secondary N) is 2. The van der Waals surface area contributed by atoms with Gasteiger partial charge in [0.2, 0.25) is 0 Å². The molecular formula is C16H22ClN4O3S2+. The second kappa shape index (κ2) is 7.44. The second-order valence-electron chi connectivity index (χ2n) is 7.03. The Morgan fingerprint density at radius 2 is 2.12 bits per heavy atom. The van der Waals surface area contributed by atoms with Gasteiger partial charge >= 0.3 is 0 Å². The first-order valence-corrected chi connectivity index (χ1v) is 11.2. The summed E-state index contributed by atoms with van der Waals surface area (Å²) in [5.74, 6) is 0.0864. The first kappa shape index (κ1) is 19.6. The van der Waals surface area contributed by atoms with Crippen LogP contribution in [0.15, 0.2) is 16.3 Å². The summed E-state index contributed by atoms with van der Waals surface area (Å²) >= 11 is 6.89. The summed E-state index contributed by atoms with van der Waals surface area (Å²) in [6.07, 6.45) is 1.95. The number of hydrogen-bond acceptors (Lipinski definition) is 5. The Morgan fingerprint density at radius 3 is 2.62 bits per heavy atom. The van der Waals surface area contributed by atoms with E-state index in [0.717, 1.165) is 29.1 Å². The number of nitriles is 1. The Kier molecular flexibility index (Phi) is 5.61. The number of sulfonamides is 1. The van der Waals surface area contributed by atoms with E-state index in [9.17, 15) is 18.5 Å². The number of hydrogen-bond donors (Lipinski definition) is 2. The van der Waals surface area contributed by atoms with Crippen LogP contribution in [0.5, 0.6) is 0 Å². The fraction of sp³-hybridized carbons (Fsp3) is 0.625.